The van der Waals surface area contributed by atoms with E-state index in [0.29, 0.717) is 41.1 Å². The molecule has 1 saturated heterocycles. The highest BCUT2D eigenvalue weighted by Gasteiger charge is 2.30. The maximum atomic E-state index is 13.8. The van der Waals surface area contributed by atoms with E-state index in [4.69, 9.17) is 11.6 Å². The maximum absolute atomic E-state index is 13.8. The van der Waals surface area contributed by atoms with Crippen molar-refractivity contribution in [3.8, 4) is 5.82 Å². The van der Waals surface area contributed by atoms with Crippen LogP contribution in [0.4, 0.5) is 9.18 Å². The zero-order chi connectivity index (χ0) is 33.3. The molecule has 0 bridgehead atoms. The number of aromatic nitrogens is 3. The second-order valence-electron chi connectivity index (χ2n) is 11.3. The molecule has 0 spiro atoms. The number of urea groups is 1. The molecular formula is C30H32ClFN6O5S3. The molecule has 2 aromatic heterocycles. The number of amides is 2. The number of carbonyl (C=O) groups excluding carboxylic acids is 1. The summed E-state index contributed by atoms with van der Waals surface area (Å²) >= 11 is 7.83. The van der Waals surface area contributed by atoms with Gasteiger partial charge in [0.05, 0.1) is 27.9 Å². The Labute approximate surface area is 276 Å². The molecular weight excluding hydrogens is 675 g/mol. The summed E-state index contributed by atoms with van der Waals surface area (Å²) in [6.07, 6.45) is 5.78. The van der Waals surface area contributed by atoms with Gasteiger partial charge in [-0.1, -0.05) is 55.4 Å². The molecule has 2 N–H and O–H groups in total. The Balaban J connectivity index is 1.39. The highest BCUT2D eigenvalue weighted by atomic mass is 35.5. The van der Waals surface area contributed by atoms with E-state index in [2.05, 4.69) is 15.4 Å². The van der Waals surface area contributed by atoms with Gasteiger partial charge in [0, 0.05) is 35.5 Å². The maximum Gasteiger partial charge on any atom is 0.343 e. The number of imidazole rings is 1. The molecule has 5 rings (SSSR count). The minimum atomic E-state index is -4.17. The number of pyridine rings is 1. The van der Waals surface area contributed by atoms with E-state index in [1.807, 2.05) is 18.6 Å². The fourth-order valence-electron chi connectivity index (χ4n) is 5.00. The lowest BCUT2D eigenvalue weighted by atomic mass is 9.81. The summed E-state index contributed by atoms with van der Waals surface area (Å²) in [5, 5.41) is 2.35. The van der Waals surface area contributed by atoms with Crippen molar-refractivity contribution in [2.24, 2.45) is 0 Å². The smallest absolute Gasteiger partial charge is 0.275 e. The van der Waals surface area contributed by atoms with Crippen LogP contribution in [-0.4, -0.2) is 61.8 Å². The summed E-state index contributed by atoms with van der Waals surface area (Å²) in [5.74, 6) is 0.214. The molecule has 4 aromatic rings. The number of sulfonamides is 1. The van der Waals surface area contributed by atoms with Gasteiger partial charge in [-0.3, -0.25) is 9.99 Å². The molecule has 1 aliphatic heterocycles. The topological polar surface area (TPSA) is 143 Å². The van der Waals surface area contributed by atoms with Crippen LogP contribution < -0.4 is 10.1 Å². The molecule has 11 nitrogen and oxygen atoms in total. The number of nitrogens with zero attached hydrogens (tertiary/aromatic N) is 4. The Hall–Kier alpha value is -3.50. The molecule has 0 radical (unpaired) electrons. The molecule has 46 heavy (non-hydrogen) atoms. The average Bonchev–Trinajstić information content (AvgIpc) is 3.67. The number of halogens is 2. The van der Waals surface area contributed by atoms with E-state index >= 15 is 0 Å². The van der Waals surface area contributed by atoms with Crippen molar-refractivity contribution in [2.75, 3.05) is 19.3 Å². The summed E-state index contributed by atoms with van der Waals surface area (Å²) in [5.41, 5.74) is 4.00. The molecule has 2 aromatic carbocycles. The number of rotatable bonds is 10. The van der Waals surface area contributed by atoms with E-state index in [1.54, 1.807) is 46.1 Å². The van der Waals surface area contributed by atoms with Crippen molar-refractivity contribution in [2.45, 2.75) is 52.8 Å². The number of hydrazine groups is 1. The SMILES string of the molecule is CC(C)(c1ccc(S(C)(=O)=O)cc1)c1cnc(SCc2ccc(S(=O)(=O)NC(=O)NN3CCCC3)cc2Cl)n1-c1ccc(F)cn1. The first-order valence-electron chi connectivity index (χ1n) is 14.2. The predicted octanol–water partition coefficient (Wildman–Crippen LogP) is 5.08. The summed E-state index contributed by atoms with van der Waals surface area (Å²) in [4.78, 5) is 21.2. The third-order valence-corrected chi connectivity index (χ3v) is 11.4. The van der Waals surface area contributed by atoms with Crippen LogP contribution in [0.15, 0.2) is 81.9 Å². The van der Waals surface area contributed by atoms with Gasteiger partial charge in [0.2, 0.25) is 0 Å². The monoisotopic (exact) mass is 706 g/mol. The lowest BCUT2D eigenvalue weighted by Crippen LogP contribution is -2.47. The number of thioether (sulfide) groups is 1. The number of benzene rings is 2. The summed E-state index contributed by atoms with van der Waals surface area (Å²) in [7, 11) is -7.55. The molecule has 16 heteroatoms. The van der Waals surface area contributed by atoms with Crippen LogP contribution >= 0.6 is 23.4 Å². The minimum absolute atomic E-state index is 0.161. The van der Waals surface area contributed by atoms with E-state index < -0.39 is 37.1 Å². The number of hydrogen-bond acceptors (Lipinski definition) is 9. The molecule has 0 unspecified atom stereocenters. The second-order valence-corrected chi connectivity index (χ2v) is 16.3. The second kappa shape index (κ2) is 13.3. The van der Waals surface area contributed by atoms with Crippen molar-refractivity contribution >= 4 is 49.3 Å². The quantitative estimate of drug-likeness (QED) is 0.216. The first kappa shape index (κ1) is 33.9. The van der Waals surface area contributed by atoms with Crippen LogP contribution in [0.25, 0.3) is 5.82 Å². The van der Waals surface area contributed by atoms with Crippen LogP contribution in [0, 0.1) is 5.82 Å². The summed E-state index contributed by atoms with van der Waals surface area (Å²) in [6, 6.07) is 12.8. The van der Waals surface area contributed by atoms with Crippen LogP contribution in [0.2, 0.25) is 5.02 Å². The Morgan fingerprint density at radius 1 is 0.978 bits per heavy atom. The first-order valence-corrected chi connectivity index (χ1v) is 18.9. The number of hydrogen-bond donors (Lipinski definition) is 2. The average molecular weight is 707 g/mol. The fourth-order valence-corrected chi connectivity index (χ4v) is 7.93. The zero-order valence-corrected chi connectivity index (χ0v) is 28.4. The highest BCUT2D eigenvalue weighted by molar-refractivity contribution is 7.98. The van der Waals surface area contributed by atoms with E-state index in [1.165, 1.54) is 36.0 Å². The zero-order valence-electron chi connectivity index (χ0n) is 25.2. The van der Waals surface area contributed by atoms with Gasteiger partial charge in [-0.2, -0.15) is 0 Å². The van der Waals surface area contributed by atoms with Gasteiger partial charge < -0.3 is 0 Å². The molecule has 2 amide bonds. The van der Waals surface area contributed by atoms with Gasteiger partial charge in [0.25, 0.3) is 10.0 Å². The first-order chi connectivity index (χ1) is 21.6. The van der Waals surface area contributed by atoms with Gasteiger partial charge >= 0.3 is 6.03 Å². The molecule has 3 heterocycles. The standard InChI is InChI=1S/C30H32ClFN6O5S3/c1-30(2,21-7-11-23(12-8-21)45(3,40)41)26-18-34-29(38(26)27-13-9-22(32)17-33-27)44-19-20-6-10-24(16-25(20)31)46(42,43)36-28(39)35-37-14-4-5-15-37/h6-13,16-18H,4-5,14-15,19H2,1-3H3,(H2,35,36,39). The Bertz CT molecular complexity index is 1960. The lowest BCUT2D eigenvalue weighted by Gasteiger charge is -2.27. The Kier molecular flexibility index (Phi) is 9.80. The summed E-state index contributed by atoms with van der Waals surface area (Å²) < 4.78 is 67.3. The lowest BCUT2D eigenvalue weighted by molar-refractivity contribution is 0.202. The number of sulfone groups is 1. The number of carbonyl (C=O) groups is 1. The van der Waals surface area contributed by atoms with Crippen molar-refractivity contribution in [1.29, 1.82) is 0 Å². The van der Waals surface area contributed by atoms with E-state index in [0.717, 1.165) is 30.9 Å². The normalized spacial score (nSPS) is 14.4. The number of nitrogens with one attached hydrogen (secondary N) is 2. The largest absolute Gasteiger partial charge is 0.343 e. The van der Waals surface area contributed by atoms with Crippen molar-refractivity contribution in [3.63, 3.8) is 0 Å². The van der Waals surface area contributed by atoms with Crippen LogP contribution in [0.1, 0.15) is 43.5 Å². The Morgan fingerprint density at radius 2 is 1.65 bits per heavy atom. The fraction of sp³-hybridized carbons (Fsp3) is 0.300. The van der Waals surface area contributed by atoms with Gasteiger partial charge in [0.15, 0.2) is 15.0 Å². The minimum Gasteiger partial charge on any atom is -0.275 e. The predicted molar refractivity (Wildman–Crippen MR) is 174 cm³/mol. The van der Waals surface area contributed by atoms with Crippen molar-refractivity contribution in [1.82, 2.24) is 29.7 Å². The molecule has 0 saturated carbocycles. The molecule has 1 aliphatic rings. The molecule has 0 atom stereocenters. The molecule has 0 aliphatic carbocycles. The van der Waals surface area contributed by atoms with E-state index in [9.17, 15) is 26.0 Å². The van der Waals surface area contributed by atoms with Crippen LogP contribution in [0.5, 0.6) is 0 Å². The molecule has 244 valence electrons. The molecule has 1 fully saturated rings. The van der Waals surface area contributed by atoms with Crippen LogP contribution in [0.3, 0.4) is 0 Å². The van der Waals surface area contributed by atoms with Crippen LogP contribution in [-0.2, 0) is 31.0 Å². The third-order valence-electron chi connectivity index (χ3n) is 7.60. The Morgan fingerprint density at radius 3 is 2.26 bits per heavy atom. The van der Waals surface area contributed by atoms with Gasteiger partial charge in [-0.05, 0) is 60.4 Å². The van der Waals surface area contributed by atoms with Gasteiger partial charge in [-0.25, -0.2) is 45.7 Å². The summed E-state index contributed by atoms with van der Waals surface area (Å²) in [6.45, 7) is 5.23. The van der Waals surface area contributed by atoms with E-state index in [-0.39, 0.29) is 14.8 Å². The van der Waals surface area contributed by atoms with Gasteiger partial charge in [0.1, 0.15) is 11.6 Å². The van der Waals surface area contributed by atoms with Crippen molar-refractivity contribution < 1.29 is 26.0 Å². The van der Waals surface area contributed by atoms with Crippen molar-refractivity contribution in [3.05, 3.63) is 94.7 Å². The third kappa shape index (κ3) is 7.55. The highest BCUT2D eigenvalue weighted by Crippen LogP contribution is 2.37. The van der Waals surface area contributed by atoms with Gasteiger partial charge in [-0.15, -0.1) is 0 Å².